The van der Waals surface area contributed by atoms with Gasteiger partial charge in [-0.05, 0) is 66.2 Å². The molecule has 0 unspecified atom stereocenters. The van der Waals surface area contributed by atoms with Gasteiger partial charge in [0.1, 0.15) is 12.4 Å². The predicted octanol–water partition coefficient (Wildman–Crippen LogP) is 4.76. The average molecular weight is 461 g/mol. The van der Waals surface area contributed by atoms with Crippen molar-refractivity contribution in [2.75, 3.05) is 17.9 Å². The first kappa shape index (κ1) is 22.4. The number of fused-ring (bicyclic) bond motifs is 1. The first-order chi connectivity index (χ1) is 15.9. The Kier molecular flexibility index (Phi) is 6.60. The van der Waals surface area contributed by atoms with Crippen LogP contribution in [0, 0.1) is 6.92 Å². The molecule has 0 heterocycles. The lowest BCUT2D eigenvalue weighted by molar-refractivity contribution is 0.0947. The summed E-state index contributed by atoms with van der Waals surface area (Å²) in [6.45, 7) is 2.56. The summed E-state index contributed by atoms with van der Waals surface area (Å²) in [6, 6.07) is 26.8. The fourth-order valence-corrected chi connectivity index (χ4v) is 4.37. The molecule has 2 N–H and O–H groups in total. The van der Waals surface area contributed by atoms with E-state index in [0.717, 1.165) is 22.1 Å². The number of nitrogens with one attached hydrogen (secondary N) is 2. The first-order valence-corrected chi connectivity index (χ1v) is 12.0. The Labute approximate surface area is 193 Å². The molecule has 0 aliphatic heterocycles. The summed E-state index contributed by atoms with van der Waals surface area (Å²) in [5, 5.41) is 5.04. The Morgan fingerprint density at radius 1 is 0.848 bits per heavy atom. The van der Waals surface area contributed by atoms with Crippen molar-refractivity contribution in [2.24, 2.45) is 0 Å². The minimum atomic E-state index is -3.69. The lowest BCUT2D eigenvalue weighted by atomic mass is 10.1. The van der Waals surface area contributed by atoms with E-state index in [1.54, 1.807) is 48.5 Å². The van der Waals surface area contributed by atoms with E-state index in [4.69, 9.17) is 4.74 Å². The Morgan fingerprint density at radius 2 is 1.55 bits per heavy atom. The second kappa shape index (κ2) is 9.75. The van der Waals surface area contributed by atoms with E-state index >= 15 is 0 Å². The molecule has 0 fully saturated rings. The monoisotopic (exact) mass is 460 g/mol. The van der Waals surface area contributed by atoms with Gasteiger partial charge >= 0.3 is 0 Å². The molecule has 0 aliphatic carbocycles. The quantitative estimate of drug-likeness (QED) is 0.372. The van der Waals surface area contributed by atoms with Crippen LogP contribution in [0.2, 0.25) is 0 Å². The van der Waals surface area contributed by atoms with Crippen molar-refractivity contribution in [3.05, 3.63) is 102 Å². The molecule has 0 aliphatic rings. The molecule has 4 aromatic rings. The summed E-state index contributed by atoms with van der Waals surface area (Å²) in [7, 11) is -3.69. The number of benzene rings is 4. The summed E-state index contributed by atoms with van der Waals surface area (Å²) in [4.78, 5) is 12.6. The maximum Gasteiger partial charge on any atom is 0.261 e. The molecule has 33 heavy (non-hydrogen) atoms. The maximum absolute atomic E-state index is 12.5. The molecule has 1 amide bonds. The van der Waals surface area contributed by atoms with Gasteiger partial charge in [-0.3, -0.25) is 9.52 Å². The molecule has 4 aromatic carbocycles. The van der Waals surface area contributed by atoms with Crippen molar-refractivity contribution in [3.8, 4) is 5.75 Å². The summed E-state index contributed by atoms with van der Waals surface area (Å²) < 4.78 is 33.2. The zero-order chi connectivity index (χ0) is 23.3. The second-order valence-electron chi connectivity index (χ2n) is 7.61. The number of rotatable bonds is 8. The highest BCUT2D eigenvalue weighted by Gasteiger charge is 2.14. The highest BCUT2D eigenvalue weighted by Crippen LogP contribution is 2.20. The number of hydrogen-bond donors (Lipinski definition) is 2. The highest BCUT2D eigenvalue weighted by atomic mass is 32.2. The van der Waals surface area contributed by atoms with E-state index in [9.17, 15) is 13.2 Å². The van der Waals surface area contributed by atoms with Gasteiger partial charge in [0.05, 0.1) is 11.4 Å². The number of anilines is 1. The topological polar surface area (TPSA) is 84.5 Å². The van der Waals surface area contributed by atoms with Gasteiger partial charge in [0.2, 0.25) is 0 Å². The van der Waals surface area contributed by atoms with Gasteiger partial charge < -0.3 is 10.1 Å². The predicted molar refractivity (Wildman–Crippen MR) is 130 cm³/mol. The van der Waals surface area contributed by atoms with Crippen molar-refractivity contribution in [1.29, 1.82) is 0 Å². The molecule has 7 heteroatoms. The summed E-state index contributed by atoms with van der Waals surface area (Å²) in [5.41, 5.74) is 1.79. The lowest BCUT2D eigenvalue weighted by Gasteiger charge is -2.10. The van der Waals surface area contributed by atoms with Gasteiger partial charge in [-0.1, -0.05) is 48.0 Å². The Bertz CT molecular complexity index is 1370. The van der Waals surface area contributed by atoms with Crippen LogP contribution in [0.25, 0.3) is 10.8 Å². The van der Waals surface area contributed by atoms with Crippen LogP contribution in [-0.4, -0.2) is 27.5 Å². The van der Waals surface area contributed by atoms with E-state index in [1.165, 1.54) is 0 Å². The van der Waals surface area contributed by atoms with Gasteiger partial charge in [0.25, 0.3) is 15.9 Å². The smallest absolute Gasteiger partial charge is 0.261 e. The normalized spacial score (nSPS) is 11.2. The fourth-order valence-electron chi connectivity index (χ4n) is 3.31. The minimum Gasteiger partial charge on any atom is -0.492 e. The number of hydrogen-bond acceptors (Lipinski definition) is 4. The van der Waals surface area contributed by atoms with Gasteiger partial charge in [0.15, 0.2) is 0 Å². The van der Waals surface area contributed by atoms with E-state index < -0.39 is 10.0 Å². The van der Waals surface area contributed by atoms with Crippen LogP contribution in [0.3, 0.4) is 0 Å². The van der Waals surface area contributed by atoms with E-state index in [1.807, 2.05) is 49.4 Å². The molecule has 0 atom stereocenters. The Hall–Kier alpha value is -3.84. The molecule has 0 saturated carbocycles. The van der Waals surface area contributed by atoms with Gasteiger partial charge in [-0.2, -0.15) is 0 Å². The van der Waals surface area contributed by atoms with Crippen LogP contribution in [-0.2, 0) is 10.0 Å². The van der Waals surface area contributed by atoms with E-state index in [-0.39, 0.29) is 10.8 Å². The third kappa shape index (κ3) is 5.70. The Morgan fingerprint density at radius 3 is 2.27 bits per heavy atom. The number of ether oxygens (including phenoxy) is 1. The third-order valence-corrected chi connectivity index (χ3v) is 6.51. The SMILES string of the molecule is Cc1ccc(S(=O)(=O)Nc2ccc(C(=O)NCCOc3ccc4ccccc4c3)cc2)cc1. The first-order valence-electron chi connectivity index (χ1n) is 10.5. The molecule has 0 spiro atoms. The summed E-state index contributed by atoms with van der Waals surface area (Å²) >= 11 is 0. The van der Waals surface area contributed by atoms with Crippen molar-refractivity contribution >= 4 is 32.4 Å². The summed E-state index contributed by atoms with van der Waals surface area (Å²) in [6.07, 6.45) is 0. The highest BCUT2D eigenvalue weighted by molar-refractivity contribution is 7.92. The van der Waals surface area contributed by atoms with Crippen molar-refractivity contribution in [2.45, 2.75) is 11.8 Å². The number of aryl methyl sites for hydroxylation is 1. The largest absolute Gasteiger partial charge is 0.492 e. The molecule has 0 saturated heterocycles. The van der Waals surface area contributed by atoms with Crippen molar-refractivity contribution in [1.82, 2.24) is 5.32 Å². The number of sulfonamides is 1. The standard InChI is InChI=1S/C26H24N2O4S/c1-19-6-14-25(15-7-19)33(30,31)28-23-11-8-21(9-12-23)26(29)27-16-17-32-24-13-10-20-4-2-3-5-22(20)18-24/h2-15,18,28H,16-17H2,1H3,(H,27,29). The lowest BCUT2D eigenvalue weighted by Crippen LogP contribution is -2.28. The maximum atomic E-state index is 12.5. The molecule has 168 valence electrons. The molecular weight excluding hydrogens is 436 g/mol. The third-order valence-electron chi connectivity index (χ3n) is 5.11. The van der Waals surface area contributed by atoms with Crippen molar-refractivity contribution in [3.63, 3.8) is 0 Å². The summed E-state index contributed by atoms with van der Waals surface area (Å²) in [5.74, 6) is 0.484. The molecular formula is C26H24N2O4S. The Balaban J connectivity index is 1.28. The molecule has 6 nitrogen and oxygen atoms in total. The van der Waals surface area contributed by atoms with Crippen LogP contribution in [0.5, 0.6) is 5.75 Å². The number of carbonyl (C=O) groups is 1. The molecule has 0 aromatic heterocycles. The van der Waals surface area contributed by atoms with Gasteiger partial charge in [-0.15, -0.1) is 0 Å². The molecule has 0 radical (unpaired) electrons. The van der Waals surface area contributed by atoms with Crippen molar-refractivity contribution < 1.29 is 17.9 Å². The zero-order valence-electron chi connectivity index (χ0n) is 18.1. The van der Waals surface area contributed by atoms with Crippen LogP contribution >= 0.6 is 0 Å². The molecule has 4 rings (SSSR count). The van der Waals surface area contributed by atoms with E-state index in [2.05, 4.69) is 10.0 Å². The van der Waals surface area contributed by atoms with Crippen LogP contribution < -0.4 is 14.8 Å². The van der Waals surface area contributed by atoms with Crippen LogP contribution in [0.4, 0.5) is 5.69 Å². The van der Waals surface area contributed by atoms with Crippen LogP contribution in [0.1, 0.15) is 15.9 Å². The fraction of sp³-hybridized carbons (Fsp3) is 0.115. The minimum absolute atomic E-state index is 0.182. The zero-order valence-corrected chi connectivity index (χ0v) is 18.9. The second-order valence-corrected chi connectivity index (χ2v) is 9.29. The van der Waals surface area contributed by atoms with Gasteiger partial charge in [0, 0.05) is 11.3 Å². The van der Waals surface area contributed by atoms with Crippen LogP contribution in [0.15, 0.2) is 95.9 Å². The number of amides is 1. The molecule has 0 bridgehead atoms. The van der Waals surface area contributed by atoms with E-state index in [0.29, 0.717) is 24.4 Å². The number of carbonyl (C=O) groups excluding carboxylic acids is 1. The average Bonchev–Trinajstić information content (AvgIpc) is 2.82. The van der Waals surface area contributed by atoms with Gasteiger partial charge in [-0.25, -0.2) is 8.42 Å².